The molecule has 1 heterocycles. The molecule has 0 aromatic heterocycles. The maximum Gasteiger partial charge on any atom is 0.332 e. The maximum absolute atomic E-state index is 11.3. The van der Waals surface area contributed by atoms with E-state index in [9.17, 15) is 14.4 Å². The Morgan fingerprint density at radius 3 is 1.86 bits per heavy atom. The highest BCUT2D eigenvalue weighted by atomic mass is 16.5. The Hall–Kier alpha value is -2.89. The lowest BCUT2D eigenvalue weighted by atomic mass is 10.3. The van der Waals surface area contributed by atoms with Crippen LogP contribution in [0.3, 0.4) is 0 Å². The molecule has 0 unspecified atom stereocenters. The van der Waals surface area contributed by atoms with Crippen LogP contribution in [0.2, 0.25) is 0 Å². The van der Waals surface area contributed by atoms with Gasteiger partial charge in [-0.25, -0.2) is 9.69 Å². The molecule has 0 N–H and O–H groups in total. The highest BCUT2D eigenvalue weighted by Crippen LogP contribution is 2.21. The summed E-state index contributed by atoms with van der Waals surface area (Å²) in [6.07, 6.45) is 2.51. The van der Waals surface area contributed by atoms with Crippen LogP contribution in [0.4, 0.5) is 5.69 Å². The van der Waals surface area contributed by atoms with Crippen LogP contribution >= 0.6 is 0 Å². The number of rotatable bonds is 3. The first kappa shape index (κ1) is 17.2. The summed E-state index contributed by atoms with van der Waals surface area (Å²) in [6, 6.07) is 6.74. The van der Waals surface area contributed by atoms with Crippen LogP contribution in [0.25, 0.3) is 0 Å². The predicted octanol–water partition coefficient (Wildman–Crippen LogP) is 1.86. The van der Waals surface area contributed by atoms with Gasteiger partial charge in [0.15, 0.2) is 0 Å². The third-order valence-electron chi connectivity index (χ3n) is 2.67. The molecule has 1 aromatic carbocycles. The van der Waals surface area contributed by atoms with Crippen molar-refractivity contribution in [3.63, 3.8) is 0 Å². The minimum Gasteiger partial charge on any atom is -0.497 e. The number of esters is 1. The van der Waals surface area contributed by atoms with Gasteiger partial charge in [0.25, 0.3) is 11.8 Å². The van der Waals surface area contributed by atoms with E-state index in [1.165, 1.54) is 19.3 Å². The quantitative estimate of drug-likeness (QED) is 0.484. The van der Waals surface area contributed by atoms with E-state index in [0.29, 0.717) is 17.0 Å². The maximum atomic E-state index is 11.3. The topological polar surface area (TPSA) is 72.9 Å². The fourth-order valence-corrected chi connectivity index (χ4v) is 1.56. The number of anilines is 1. The molecular weight excluding hydrogens is 286 g/mol. The zero-order chi connectivity index (χ0) is 16.7. The standard InChI is InChI=1S/C11H9NO3.C5H8O2/c1-15-9-4-2-8(3-5-9)12-10(13)6-7-11(12)14;1-4(2)5(6)7-3/h2-7H,1H3;1H2,2-3H3. The van der Waals surface area contributed by atoms with Gasteiger partial charge in [-0.05, 0) is 31.2 Å². The molecule has 0 aliphatic carbocycles. The summed E-state index contributed by atoms with van der Waals surface area (Å²) in [6.45, 7) is 4.95. The van der Waals surface area contributed by atoms with Gasteiger partial charge in [-0.2, -0.15) is 0 Å². The molecule has 0 radical (unpaired) electrons. The van der Waals surface area contributed by atoms with Gasteiger partial charge in [0.2, 0.25) is 0 Å². The number of benzene rings is 1. The monoisotopic (exact) mass is 303 g/mol. The lowest BCUT2D eigenvalue weighted by Gasteiger charge is -2.13. The van der Waals surface area contributed by atoms with E-state index in [4.69, 9.17) is 4.74 Å². The van der Waals surface area contributed by atoms with Gasteiger partial charge >= 0.3 is 5.97 Å². The number of amides is 2. The number of methoxy groups -OCH3 is 2. The summed E-state index contributed by atoms with van der Waals surface area (Å²) < 4.78 is 9.25. The van der Waals surface area contributed by atoms with E-state index in [-0.39, 0.29) is 17.8 Å². The first-order chi connectivity index (χ1) is 10.4. The second kappa shape index (κ2) is 7.78. The molecule has 0 bridgehead atoms. The summed E-state index contributed by atoms with van der Waals surface area (Å²) in [7, 11) is 2.89. The predicted molar refractivity (Wildman–Crippen MR) is 81.5 cm³/mol. The number of nitrogens with zero attached hydrogens (tertiary/aromatic N) is 1. The van der Waals surface area contributed by atoms with Gasteiger partial charge in [0.1, 0.15) is 5.75 Å². The number of carbonyl (C=O) groups excluding carboxylic acids is 3. The first-order valence-electron chi connectivity index (χ1n) is 6.34. The Labute approximate surface area is 128 Å². The normalized spacial score (nSPS) is 12.6. The van der Waals surface area contributed by atoms with Crippen molar-refractivity contribution in [1.82, 2.24) is 0 Å². The molecule has 1 aliphatic heterocycles. The molecule has 22 heavy (non-hydrogen) atoms. The molecule has 0 atom stereocenters. The summed E-state index contributed by atoms with van der Waals surface area (Å²) in [4.78, 5) is 34.0. The zero-order valence-electron chi connectivity index (χ0n) is 12.7. The van der Waals surface area contributed by atoms with Gasteiger partial charge in [0.05, 0.1) is 19.9 Å². The Kier molecular flexibility index (Phi) is 6.07. The second-order valence-electron chi connectivity index (χ2n) is 4.32. The van der Waals surface area contributed by atoms with Crippen molar-refractivity contribution in [2.75, 3.05) is 19.1 Å². The largest absolute Gasteiger partial charge is 0.497 e. The Morgan fingerprint density at radius 2 is 1.55 bits per heavy atom. The zero-order valence-corrected chi connectivity index (χ0v) is 12.7. The molecule has 0 fully saturated rings. The minimum absolute atomic E-state index is 0.315. The van der Waals surface area contributed by atoms with Crippen molar-refractivity contribution in [2.45, 2.75) is 6.92 Å². The molecule has 1 aliphatic rings. The molecular formula is C16H17NO5. The van der Waals surface area contributed by atoms with E-state index in [2.05, 4.69) is 11.3 Å². The SMILES string of the molecule is C=C(C)C(=O)OC.COc1ccc(N2C(=O)C=CC2=O)cc1. The van der Waals surface area contributed by atoms with Crippen LogP contribution in [0.15, 0.2) is 48.6 Å². The third kappa shape index (κ3) is 4.31. The number of hydrogen-bond donors (Lipinski definition) is 0. The third-order valence-corrected chi connectivity index (χ3v) is 2.67. The number of ether oxygens (including phenoxy) is 2. The van der Waals surface area contributed by atoms with Gasteiger partial charge in [-0.15, -0.1) is 0 Å². The van der Waals surface area contributed by atoms with Gasteiger partial charge in [0, 0.05) is 17.7 Å². The van der Waals surface area contributed by atoms with E-state index >= 15 is 0 Å². The van der Waals surface area contributed by atoms with Crippen LogP contribution in [-0.4, -0.2) is 32.0 Å². The van der Waals surface area contributed by atoms with Gasteiger partial charge in [-0.1, -0.05) is 6.58 Å². The average Bonchev–Trinajstić information content (AvgIpc) is 2.86. The van der Waals surface area contributed by atoms with Crippen molar-refractivity contribution in [3.05, 3.63) is 48.6 Å². The van der Waals surface area contributed by atoms with Crippen LogP contribution in [0, 0.1) is 0 Å². The van der Waals surface area contributed by atoms with Crippen molar-refractivity contribution in [1.29, 1.82) is 0 Å². The molecule has 2 amide bonds. The van der Waals surface area contributed by atoms with Crippen molar-refractivity contribution < 1.29 is 23.9 Å². The molecule has 6 heteroatoms. The Morgan fingerprint density at radius 1 is 1.05 bits per heavy atom. The first-order valence-corrected chi connectivity index (χ1v) is 6.34. The van der Waals surface area contributed by atoms with Crippen LogP contribution in [0.5, 0.6) is 5.75 Å². The lowest BCUT2D eigenvalue weighted by Crippen LogP contribution is -2.29. The van der Waals surface area contributed by atoms with Crippen LogP contribution in [0.1, 0.15) is 6.92 Å². The molecule has 0 saturated heterocycles. The van der Waals surface area contributed by atoms with Crippen LogP contribution in [-0.2, 0) is 19.1 Å². The van der Waals surface area contributed by atoms with E-state index in [1.807, 2.05) is 0 Å². The molecule has 116 valence electrons. The molecule has 6 nitrogen and oxygen atoms in total. The van der Waals surface area contributed by atoms with Crippen LogP contribution < -0.4 is 9.64 Å². The average molecular weight is 303 g/mol. The van der Waals surface area contributed by atoms with Crippen molar-refractivity contribution >= 4 is 23.5 Å². The Bertz CT molecular complexity index is 598. The highest BCUT2D eigenvalue weighted by molar-refractivity contribution is 6.28. The summed E-state index contributed by atoms with van der Waals surface area (Å²) in [5.74, 6) is -0.291. The molecule has 0 saturated carbocycles. The number of imide groups is 1. The van der Waals surface area contributed by atoms with Crippen molar-refractivity contribution in [3.8, 4) is 5.75 Å². The van der Waals surface area contributed by atoms with E-state index < -0.39 is 0 Å². The summed E-state index contributed by atoms with van der Waals surface area (Å²) in [5, 5.41) is 0. The molecule has 0 spiro atoms. The minimum atomic E-state index is -0.347. The Balaban J connectivity index is 0.000000295. The number of hydrogen-bond acceptors (Lipinski definition) is 5. The van der Waals surface area contributed by atoms with E-state index in [1.54, 1.807) is 38.3 Å². The summed E-state index contributed by atoms with van der Waals surface area (Å²) in [5.41, 5.74) is 0.985. The second-order valence-corrected chi connectivity index (χ2v) is 4.32. The molecule has 1 aromatic rings. The summed E-state index contributed by atoms with van der Waals surface area (Å²) >= 11 is 0. The van der Waals surface area contributed by atoms with Crippen molar-refractivity contribution in [2.24, 2.45) is 0 Å². The van der Waals surface area contributed by atoms with E-state index in [0.717, 1.165) is 4.90 Å². The fraction of sp³-hybridized carbons (Fsp3) is 0.188. The smallest absolute Gasteiger partial charge is 0.332 e. The molecule has 2 rings (SSSR count). The lowest BCUT2D eigenvalue weighted by molar-refractivity contribution is -0.136. The van der Waals surface area contributed by atoms with Gasteiger partial charge < -0.3 is 9.47 Å². The highest BCUT2D eigenvalue weighted by Gasteiger charge is 2.24. The number of carbonyl (C=O) groups is 3. The fourth-order valence-electron chi connectivity index (χ4n) is 1.56. The van der Waals surface area contributed by atoms with Gasteiger partial charge in [-0.3, -0.25) is 9.59 Å².